The fraction of sp³-hybridized carbons (Fsp3) is 0.440. The summed E-state index contributed by atoms with van der Waals surface area (Å²) in [6.07, 6.45) is 2.89. The van der Waals surface area contributed by atoms with Crippen molar-refractivity contribution in [3.8, 4) is 0 Å². The smallest absolute Gasteiger partial charge is 0.276 e. The molecule has 0 unspecified atom stereocenters. The van der Waals surface area contributed by atoms with Crippen molar-refractivity contribution in [1.29, 1.82) is 0 Å². The van der Waals surface area contributed by atoms with Gasteiger partial charge in [-0.2, -0.15) is 4.98 Å². The molecule has 0 atom stereocenters. The van der Waals surface area contributed by atoms with Gasteiger partial charge < -0.3 is 24.4 Å². The van der Waals surface area contributed by atoms with Gasteiger partial charge in [-0.15, -0.1) is 0 Å². The zero-order chi connectivity index (χ0) is 23.1. The topological polar surface area (TPSA) is 96.6 Å². The molecule has 1 saturated heterocycles. The zero-order valence-corrected chi connectivity index (χ0v) is 19.3. The molecule has 3 aromatic rings. The van der Waals surface area contributed by atoms with E-state index in [1.165, 1.54) is 5.56 Å². The molecule has 1 amide bonds. The van der Waals surface area contributed by atoms with Gasteiger partial charge in [0.2, 0.25) is 5.95 Å². The van der Waals surface area contributed by atoms with Crippen LogP contribution in [-0.4, -0.2) is 58.8 Å². The molecule has 2 aromatic heterocycles. The number of anilines is 3. The number of amides is 1. The molecule has 9 heteroatoms. The van der Waals surface area contributed by atoms with Gasteiger partial charge in [-0.05, 0) is 38.3 Å². The third-order valence-electron chi connectivity index (χ3n) is 6.68. The van der Waals surface area contributed by atoms with Crippen LogP contribution in [0.3, 0.4) is 0 Å². The van der Waals surface area contributed by atoms with E-state index in [9.17, 15) is 4.79 Å². The maximum absolute atomic E-state index is 13.2. The van der Waals surface area contributed by atoms with Gasteiger partial charge in [0.05, 0.1) is 25.5 Å². The fourth-order valence-electron chi connectivity index (χ4n) is 4.48. The summed E-state index contributed by atoms with van der Waals surface area (Å²) in [5.74, 6) is 2.61. The van der Waals surface area contributed by atoms with Gasteiger partial charge in [0, 0.05) is 42.9 Å². The molecule has 1 aliphatic carbocycles. The van der Waals surface area contributed by atoms with Crippen LogP contribution < -0.4 is 10.2 Å². The highest BCUT2D eigenvalue weighted by Gasteiger charge is 2.32. The monoisotopic (exact) mass is 460 g/mol. The Bertz CT molecular complexity index is 1200. The minimum absolute atomic E-state index is 0.110. The number of ether oxygens (including phenoxy) is 1. The largest absolute Gasteiger partial charge is 0.378 e. The number of rotatable bonds is 5. The van der Waals surface area contributed by atoms with Crippen molar-refractivity contribution in [3.05, 3.63) is 58.6 Å². The molecule has 2 aliphatic heterocycles. The van der Waals surface area contributed by atoms with E-state index >= 15 is 0 Å². The first-order chi connectivity index (χ1) is 16.6. The number of carbonyl (C=O) groups is 1. The molecule has 34 heavy (non-hydrogen) atoms. The first kappa shape index (κ1) is 21.1. The fourth-order valence-corrected chi connectivity index (χ4v) is 4.48. The number of aromatic nitrogens is 3. The van der Waals surface area contributed by atoms with Crippen LogP contribution in [0.5, 0.6) is 0 Å². The minimum Gasteiger partial charge on any atom is -0.378 e. The summed E-state index contributed by atoms with van der Waals surface area (Å²) in [5.41, 5.74) is 4.49. The molecule has 1 aromatic carbocycles. The Hall–Kier alpha value is -3.46. The van der Waals surface area contributed by atoms with E-state index in [0.717, 1.165) is 54.5 Å². The van der Waals surface area contributed by atoms with E-state index in [2.05, 4.69) is 46.6 Å². The Balaban J connectivity index is 1.29. The van der Waals surface area contributed by atoms with Crippen molar-refractivity contribution in [2.24, 2.45) is 0 Å². The van der Waals surface area contributed by atoms with Gasteiger partial charge in [-0.3, -0.25) is 4.79 Å². The van der Waals surface area contributed by atoms with Gasteiger partial charge in [-0.1, -0.05) is 22.9 Å². The zero-order valence-electron chi connectivity index (χ0n) is 19.3. The number of benzene rings is 1. The van der Waals surface area contributed by atoms with Gasteiger partial charge in [0.25, 0.3) is 5.91 Å². The highest BCUT2D eigenvalue weighted by molar-refractivity contribution is 5.92. The normalized spacial score (nSPS) is 18.0. The average Bonchev–Trinajstić information content (AvgIpc) is 3.61. The third kappa shape index (κ3) is 4.23. The number of aryl methyl sites for hydroxylation is 1. The summed E-state index contributed by atoms with van der Waals surface area (Å²) in [4.78, 5) is 26.9. The van der Waals surface area contributed by atoms with Gasteiger partial charge >= 0.3 is 0 Å². The Morgan fingerprint density at radius 3 is 2.65 bits per heavy atom. The Labute approximate surface area is 198 Å². The predicted molar refractivity (Wildman–Crippen MR) is 126 cm³/mol. The molecule has 0 spiro atoms. The quantitative estimate of drug-likeness (QED) is 0.619. The second-order valence-corrected chi connectivity index (χ2v) is 9.25. The molecule has 0 bridgehead atoms. The van der Waals surface area contributed by atoms with Crippen LogP contribution >= 0.6 is 0 Å². The standard InChI is InChI=1S/C25H28N6O3/c1-16-2-6-18(7-3-16)26-23-19-8-9-31(24(32)20-14-22(34-29-20)17-4-5-17)15-21(19)27-25(28-23)30-10-12-33-13-11-30/h2-3,6-7,14,17H,4-5,8-13,15H2,1H3,(H,26,27,28). The van der Waals surface area contributed by atoms with Crippen LogP contribution in [0.1, 0.15) is 51.8 Å². The maximum Gasteiger partial charge on any atom is 0.276 e. The lowest BCUT2D eigenvalue weighted by Crippen LogP contribution is -2.40. The predicted octanol–water partition coefficient (Wildman–Crippen LogP) is 3.43. The van der Waals surface area contributed by atoms with Crippen molar-refractivity contribution in [2.45, 2.75) is 38.6 Å². The number of nitrogens with one attached hydrogen (secondary N) is 1. The van der Waals surface area contributed by atoms with Crippen molar-refractivity contribution < 1.29 is 14.1 Å². The van der Waals surface area contributed by atoms with Gasteiger partial charge in [-0.25, -0.2) is 4.98 Å². The number of morpholine rings is 1. The number of fused-ring (bicyclic) bond motifs is 1. The van der Waals surface area contributed by atoms with Crippen molar-refractivity contribution in [2.75, 3.05) is 43.1 Å². The first-order valence-corrected chi connectivity index (χ1v) is 12.0. The molecule has 4 heterocycles. The summed E-state index contributed by atoms with van der Waals surface area (Å²) in [5, 5.41) is 7.54. The molecule has 176 valence electrons. The number of hydrogen-bond acceptors (Lipinski definition) is 8. The van der Waals surface area contributed by atoms with Crippen molar-refractivity contribution in [3.63, 3.8) is 0 Å². The van der Waals surface area contributed by atoms with E-state index in [1.807, 2.05) is 4.90 Å². The molecule has 9 nitrogen and oxygen atoms in total. The lowest BCUT2D eigenvalue weighted by atomic mass is 10.0. The molecular formula is C25H28N6O3. The van der Waals surface area contributed by atoms with E-state index < -0.39 is 0 Å². The molecule has 2 fully saturated rings. The summed E-state index contributed by atoms with van der Waals surface area (Å²) in [6.45, 7) is 5.87. The van der Waals surface area contributed by atoms with Crippen LogP contribution in [0.15, 0.2) is 34.9 Å². The van der Waals surface area contributed by atoms with Gasteiger partial charge in [0.1, 0.15) is 11.6 Å². The second-order valence-electron chi connectivity index (χ2n) is 9.25. The Morgan fingerprint density at radius 1 is 1.09 bits per heavy atom. The Morgan fingerprint density at radius 2 is 1.88 bits per heavy atom. The number of hydrogen-bond donors (Lipinski definition) is 1. The van der Waals surface area contributed by atoms with Crippen LogP contribution in [0.4, 0.5) is 17.5 Å². The van der Waals surface area contributed by atoms with Crippen LogP contribution in [0.2, 0.25) is 0 Å². The SMILES string of the molecule is Cc1ccc(Nc2nc(N3CCOCC3)nc3c2CCN(C(=O)c2cc(C4CC4)on2)C3)cc1. The molecule has 6 rings (SSSR count). The molecule has 1 saturated carbocycles. The number of nitrogens with zero attached hydrogens (tertiary/aromatic N) is 5. The van der Waals surface area contributed by atoms with E-state index in [0.29, 0.717) is 50.3 Å². The maximum atomic E-state index is 13.2. The van der Waals surface area contributed by atoms with Crippen LogP contribution in [-0.2, 0) is 17.7 Å². The number of carbonyl (C=O) groups excluding carboxylic acids is 1. The first-order valence-electron chi connectivity index (χ1n) is 12.0. The van der Waals surface area contributed by atoms with E-state index in [1.54, 1.807) is 6.07 Å². The van der Waals surface area contributed by atoms with Gasteiger partial charge in [0.15, 0.2) is 5.69 Å². The van der Waals surface area contributed by atoms with Crippen molar-refractivity contribution in [1.82, 2.24) is 20.0 Å². The summed E-state index contributed by atoms with van der Waals surface area (Å²) >= 11 is 0. The molecular weight excluding hydrogens is 432 g/mol. The third-order valence-corrected chi connectivity index (χ3v) is 6.68. The van der Waals surface area contributed by atoms with E-state index in [4.69, 9.17) is 19.2 Å². The second kappa shape index (κ2) is 8.72. The highest BCUT2D eigenvalue weighted by Crippen LogP contribution is 2.40. The average molecular weight is 461 g/mol. The summed E-state index contributed by atoms with van der Waals surface area (Å²) in [7, 11) is 0. The molecule has 0 radical (unpaired) electrons. The molecule has 3 aliphatic rings. The van der Waals surface area contributed by atoms with E-state index in [-0.39, 0.29) is 5.91 Å². The van der Waals surface area contributed by atoms with Crippen molar-refractivity contribution >= 4 is 23.4 Å². The summed E-state index contributed by atoms with van der Waals surface area (Å²) in [6, 6.07) is 10.1. The van der Waals surface area contributed by atoms with Crippen LogP contribution in [0, 0.1) is 6.92 Å². The summed E-state index contributed by atoms with van der Waals surface area (Å²) < 4.78 is 10.9. The minimum atomic E-state index is -0.110. The molecule has 1 N–H and O–H groups in total. The Kier molecular flexibility index (Phi) is 5.41. The lowest BCUT2D eigenvalue weighted by Gasteiger charge is -2.32. The lowest BCUT2D eigenvalue weighted by molar-refractivity contribution is 0.0721. The van der Waals surface area contributed by atoms with Crippen LogP contribution in [0.25, 0.3) is 0 Å². The highest BCUT2D eigenvalue weighted by atomic mass is 16.5.